The van der Waals surface area contributed by atoms with Gasteiger partial charge in [-0.3, -0.25) is 5.32 Å². The molecule has 1 aliphatic rings. The largest absolute Gasteiger partial charge is 0.389 e. The van der Waals surface area contributed by atoms with E-state index in [4.69, 9.17) is 14.9 Å². The molecule has 0 spiro atoms. The van der Waals surface area contributed by atoms with Crippen LogP contribution in [0.25, 0.3) is 0 Å². The average molecular weight is 163 g/mol. The summed E-state index contributed by atoms with van der Waals surface area (Å²) in [5.41, 5.74) is 0. The van der Waals surface area contributed by atoms with Crippen molar-refractivity contribution in [1.82, 2.24) is 5.32 Å². The predicted molar refractivity (Wildman–Crippen MR) is 36.8 cm³/mol. The van der Waals surface area contributed by atoms with Gasteiger partial charge >= 0.3 is 0 Å². The molecule has 0 amide bonds. The van der Waals surface area contributed by atoms with E-state index >= 15 is 0 Å². The third-order valence-electron chi connectivity index (χ3n) is 1.84. The molecule has 4 N–H and O–H groups in total. The molecule has 2 unspecified atom stereocenters. The first kappa shape index (κ1) is 8.89. The Morgan fingerprint density at radius 1 is 1.27 bits per heavy atom. The lowest BCUT2D eigenvalue weighted by molar-refractivity contribution is -0.149. The summed E-state index contributed by atoms with van der Waals surface area (Å²) < 4.78 is 4.79. The number of piperidine rings is 1. The van der Waals surface area contributed by atoms with Gasteiger partial charge in [-0.25, -0.2) is 0 Å². The highest BCUT2D eigenvalue weighted by molar-refractivity contribution is 4.87. The number of rotatable bonds is 1. The van der Waals surface area contributed by atoms with Crippen molar-refractivity contribution in [2.45, 2.75) is 24.5 Å². The van der Waals surface area contributed by atoms with Gasteiger partial charge in [0.15, 0.2) is 0 Å². The van der Waals surface area contributed by atoms with Gasteiger partial charge in [0.25, 0.3) is 0 Å². The summed E-state index contributed by atoms with van der Waals surface area (Å²) >= 11 is 0. The minimum Gasteiger partial charge on any atom is -0.389 e. The van der Waals surface area contributed by atoms with E-state index < -0.39 is 24.5 Å². The first-order valence-electron chi connectivity index (χ1n) is 3.47. The molecular formula is C6H13NO4. The number of hydrogen-bond acceptors (Lipinski definition) is 5. The number of methoxy groups -OCH3 is 1. The summed E-state index contributed by atoms with van der Waals surface area (Å²) in [6.45, 7) is 0.233. The Bertz CT molecular complexity index is 130. The van der Waals surface area contributed by atoms with Crippen molar-refractivity contribution in [3.8, 4) is 0 Å². The van der Waals surface area contributed by atoms with Gasteiger partial charge in [0.2, 0.25) is 0 Å². The SMILES string of the molecule is CO[C@H]1NCC(O)[C@@H](O)C1O. The molecule has 0 aromatic rings. The van der Waals surface area contributed by atoms with Crippen LogP contribution in [0.4, 0.5) is 0 Å². The third kappa shape index (κ3) is 1.69. The average Bonchev–Trinajstić information content (AvgIpc) is 2.01. The van der Waals surface area contributed by atoms with Crippen LogP contribution in [0.1, 0.15) is 0 Å². The van der Waals surface area contributed by atoms with Gasteiger partial charge in [0.05, 0.1) is 6.10 Å². The molecule has 1 fully saturated rings. The van der Waals surface area contributed by atoms with Crippen LogP contribution < -0.4 is 5.32 Å². The Morgan fingerprint density at radius 3 is 2.45 bits per heavy atom. The monoisotopic (exact) mass is 163 g/mol. The lowest BCUT2D eigenvalue weighted by atomic mass is 10.0. The fourth-order valence-electron chi connectivity index (χ4n) is 1.11. The number of aliphatic hydroxyl groups excluding tert-OH is 3. The fourth-order valence-corrected chi connectivity index (χ4v) is 1.11. The number of hydrogen-bond donors (Lipinski definition) is 4. The number of ether oxygens (including phenoxy) is 1. The highest BCUT2D eigenvalue weighted by Crippen LogP contribution is 2.10. The van der Waals surface area contributed by atoms with E-state index in [9.17, 15) is 5.11 Å². The topological polar surface area (TPSA) is 82.0 Å². The molecule has 0 aromatic heterocycles. The molecular weight excluding hydrogens is 150 g/mol. The lowest BCUT2D eigenvalue weighted by Crippen LogP contribution is -2.60. The number of β-amino-alcohol motifs (C(OH)–C–C–N with tert-alkyl or cyclic N) is 1. The number of nitrogens with one attached hydrogen (secondary N) is 1. The molecule has 1 aliphatic heterocycles. The van der Waals surface area contributed by atoms with Crippen molar-refractivity contribution in [3.05, 3.63) is 0 Å². The van der Waals surface area contributed by atoms with Crippen molar-refractivity contribution in [2.24, 2.45) is 0 Å². The van der Waals surface area contributed by atoms with Crippen molar-refractivity contribution < 1.29 is 20.1 Å². The summed E-state index contributed by atoms with van der Waals surface area (Å²) in [7, 11) is 1.42. The summed E-state index contributed by atoms with van der Waals surface area (Å²) in [5.74, 6) is 0. The van der Waals surface area contributed by atoms with Gasteiger partial charge in [-0.05, 0) is 0 Å². The van der Waals surface area contributed by atoms with E-state index in [-0.39, 0.29) is 6.54 Å². The molecule has 5 heteroatoms. The molecule has 11 heavy (non-hydrogen) atoms. The first-order valence-corrected chi connectivity index (χ1v) is 3.47. The maximum atomic E-state index is 9.21. The zero-order valence-corrected chi connectivity index (χ0v) is 6.27. The highest BCUT2D eigenvalue weighted by atomic mass is 16.5. The Balaban J connectivity index is 2.52. The fraction of sp³-hybridized carbons (Fsp3) is 1.00. The molecule has 66 valence electrons. The molecule has 0 aliphatic carbocycles. The van der Waals surface area contributed by atoms with E-state index in [2.05, 4.69) is 5.32 Å². The molecule has 0 aromatic carbocycles. The minimum atomic E-state index is -1.12. The van der Waals surface area contributed by atoms with Crippen LogP contribution in [0.3, 0.4) is 0 Å². The smallest absolute Gasteiger partial charge is 0.136 e. The summed E-state index contributed by atoms with van der Waals surface area (Å²) in [6.07, 6.45) is -3.70. The third-order valence-corrected chi connectivity index (χ3v) is 1.84. The van der Waals surface area contributed by atoms with Gasteiger partial charge in [0.1, 0.15) is 18.4 Å². The van der Waals surface area contributed by atoms with Gasteiger partial charge in [-0.2, -0.15) is 0 Å². The van der Waals surface area contributed by atoms with Gasteiger partial charge in [-0.1, -0.05) is 0 Å². The molecule has 4 atom stereocenters. The van der Waals surface area contributed by atoms with E-state index in [1.54, 1.807) is 0 Å². The summed E-state index contributed by atoms with van der Waals surface area (Å²) in [5, 5.41) is 30.1. The minimum absolute atomic E-state index is 0.233. The summed E-state index contributed by atoms with van der Waals surface area (Å²) in [4.78, 5) is 0. The van der Waals surface area contributed by atoms with Crippen molar-refractivity contribution in [3.63, 3.8) is 0 Å². The molecule has 5 nitrogen and oxygen atoms in total. The summed E-state index contributed by atoms with van der Waals surface area (Å²) in [6, 6.07) is 0. The normalized spacial score (nSPS) is 45.8. The Kier molecular flexibility index (Phi) is 2.80. The van der Waals surface area contributed by atoms with Crippen molar-refractivity contribution in [1.29, 1.82) is 0 Å². The maximum Gasteiger partial charge on any atom is 0.136 e. The van der Waals surface area contributed by atoms with Gasteiger partial charge in [-0.15, -0.1) is 0 Å². The van der Waals surface area contributed by atoms with Crippen molar-refractivity contribution in [2.75, 3.05) is 13.7 Å². The Hall–Kier alpha value is -0.200. The van der Waals surface area contributed by atoms with Gasteiger partial charge in [0, 0.05) is 13.7 Å². The molecule has 0 bridgehead atoms. The van der Waals surface area contributed by atoms with Crippen molar-refractivity contribution >= 4 is 0 Å². The van der Waals surface area contributed by atoms with E-state index in [0.29, 0.717) is 0 Å². The van der Waals surface area contributed by atoms with Crippen LogP contribution in [0.2, 0.25) is 0 Å². The van der Waals surface area contributed by atoms with E-state index in [1.165, 1.54) is 7.11 Å². The molecule has 0 radical (unpaired) electrons. The van der Waals surface area contributed by atoms with Crippen LogP contribution in [0.5, 0.6) is 0 Å². The second-order valence-electron chi connectivity index (χ2n) is 2.61. The van der Waals surface area contributed by atoms with Crippen LogP contribution >= 0.6 is 0 Å². The highest BCUT2D eigenvalue weighted by Gasteiger charge is 2.36. The zero-order valence-electron chi connectivity index (χ0n) is 6.27. The first-order chi connectivity index (χ1) is 5.16. The second-order valence-corrected chi connectivity index (χ2v) is 2.61. The predicted octanol–water partition coefficient (Wildman–Crippen LogP) is -2.36. The van der Waals surface area contributed by atoms with Crippen LogP contribution in [-0.2, 0) is 4.74 Å². The molecule has 1 rings (SSSR count). The molecule has 0 saturated carbocycles. The standard InChI is InChI=1S/C6H13NO4/c1-11-6-5(10)4(9)3(8)2-7-6/h3-10H,2H2,1H3/t3?,4-,5?,6-/m1/s1. The Labute approximate surface area is 64.6 Å². The van der Waals surface area contributed by atoms with Gasteiger partial charge < -0.3 is 20.1 Å². The van der Waals surface area contributed by atoms with E-state index in [0.717, 1.165) is 0 Å². The number of aliphatic hydroxyl groups is 3. The van der Waals surface area contributed by atoms with Crippen LogP contribution in [0, 0.1) is 0 Å². The van der Waals surface area contributed by atoms with E-state index in [1.807, 2.05) is 0 Å². The zero-order chi connectivity index (χ0) is 8.43. The second kappa shape index (κ2) is 3.46. The van der Waals surface area contributed by atoms with Crippen LogP contribution in [0.15, 0.2) is 0 Å². The quantitative estimate of drug-likeness (QED) is 0.348. The lowest BCUT2D eigenvalue weighted by Gasteiger charge is -2.34. The van der Waals surface area contributed by atoms with Crippen LogP contribution in [-0.4, -0.2) is 53.5 Å². The Morgan fingerprint density at radius 2 is 1.91 bits per heavy atom. The maximum absolute atomic E-state index is 9.21. The molecule has 1 saturated heterocycles. The molecule has 1 heterocycles.